The third-order valence-electron chi connectivity index (χ3n) is 3.07. The number of fused-ring (bicyclic) bond motifs is 1. The van der Waals surface area contributed by atoms with Crippen LogP contribution in [0.1, 0.15) is 10.4 Å². The number of hydrogen-bond acceptors (Lipinski definition) is 4. The van der Waals surface area contributed by atoms with Crippen LogP contribution in [-0.2, 0) is 0 Å². The van der Waals surface area contributed by atoms with E-state index < -0.39 is 11.7 Å². The second-order valence-corrected chi connectivity index (χ2v) is 4.56. The zero-order valence-corrected chi connectivity index (χ0v) is 11.1. The average molecular weight is 299 g/mol. The van der Waals surface area contributed by atoms with E-state index in [-0.39, 0.29) is 22.9 Å². The number of azo groups is 1. The molecular formula is C15H10FN3O3. The number of aromatic nitrogens is 1. The van der Waals surface area contributed by atoms with Gasteiger partial charge in [0.15, 0.2) is 5.69 Å². The van der Waals surface area contributed by atoms with Crippen LogP contribution in [-0.4, -0.2) is 21.1 Å². The molecule has 0 spiro atoms. The summed E-state index contributed by atoms with van der Waals surface area (Å²) in [5, 5.41) is 26.6. The lowest BCUT2D eigenvalue weighted by atomic mass is 10.2. The molecule has 3 N–H and O–H groups in total. The van der Waals surface area contributed by atoms with Gasteiger partial charge in [-0.15, -0.1) is 10.2 Å². The molecule has 22 heavy (non-hydrogen) atoms. The Hall–Kier alpha value is -3.22. The number of carbonyl (C=O) groups excluding carboxylic acids is 1. The van der Waals surface area contributed by atoms with Crippen LogP contribution in [0.3, 0.4) is 0 Å². The van der Waals surface area contributed by atoms with Gasteiger partial charge in [0, 0.05) is 10.9 Å². The maximum Gasteiger partial charge on any atom is 0.295 e. The van der Waals surface area contributed by atoms with E-state index in [0.717, 1.165) is 0 Å². The highest BCUT2D eigenvalue weighted by Gasteiger charge is 2.12. The fraction of sp³-hybridized carbons (Fsp3) is 0. The minimum atomic E-state index is -0.629. The number of rotatable bonds is 2. The van der Waals surface area contributed by atoms with Crippen LogP contribution in [0.15, 0.2) is 52.7 Å². The lowest BCUT2D eigenvalue weighted by Gasteiger charge is -1.95. The van der Waals surface area contributed by atoms with Crippen molar-refractivity contribution < 1.29 is 19.4 Å². The third kappa shape index (κ3) is 2.51. The first-order valence-electron chi connectivity index (χ1n) is 6.30. The summed E-state index contributed by atoms with van der Waals surface area (Å²) in [6, 6.07) is 9.37. The van der Waals surface area contributed by atoms with E-state index in [0.29, 0.717) is 10.9 Å². The van der Waals surface area contributed by atoms with Crippen LogP contribution >= 0.6 is 0 Å². The largest absolute Gasteiger partial charge is 0.508 e. The Labute approximate surface area is 123 Å². The molecule has 6 nitrogen and oxygen atoms in total. The smallest absolute Gasteiger partial charge is 0.295 e. The molecule has 0 atom stereocenters. The predicted molar refractivity (Wildman–Crippen MR) is 76.9 cm³/mol. The van der Waals surface area contributed by atoms with Crippen LogP contribution in [0, 0.1) is 5.82 Å². The molecular weight excluding hydrogens is 289 g/mol. The van der Waals surface area contributed by atoms with E-state index in [1.165, 1.54) is 42.5 Å². The Morgan fingerprint density at radius 3 is 2.55 bits per heavy atom. The van der Waals surface area contributed by atoms with Crippen LogP contribution in [0.2, 0.25) is 0 Å². The normalized spacial score (nSPS) is 11.3. The van der Waals surface area contributed by atoms with Crippen molar-refractivity contribution in [2.45, 2.75) is 0 Å². The quantitative estimate of drug-likeness (QED) is 0.630. The van der Waals surface area contributed by atoms with E-state index >= 15 is 0 Å². The van der Waals surface area contributed by atoms with Crippen LogP contribution in [0.4, 0.5) is 10.1 Å². The van der Waals surface area contributed by atoms with Crippen molar-refractivity contribution >= 4 is 22.5 Å². The second kappa shape index (κ2) is 5.28. The number of nitrogens with zero attached hydrogens (tertiary/aromatic N) is 2. The van der Waals surface area contributed by atoms with E-state index in [1.807, 2.05) is 0 Å². The zero-order valence-electron chi connectivity index (χ0n) is 11.1. The number of phenolic OH excluding ortho intramolecular Hbond substituents is 1. The minimum absolute atomic E-state index is 0.0322. The first-order valence-corrected chi connectivity index (χ1v) is 6.30. The number of carbonyl (C=O) groups is 1. The number of hydrogen-bond donors (Lipinski definition) is 3. The monoisotopic (exact) mass is 299 g/mol. The number of halogens is 1. The molecule has 0 fully saturated rings. The summed E-state index contributed by atoms with van der Waals surface area (Å²) in [6.07, 6.45) is 0. The van der Waals surface area contributed by atoms with Gasteiger partial charge in [-0.3, -0.25) is 4.79 Å². The molecule has 0 saturated carbocycles. The second-order valence-electron chi connectivity index (χ2n) is 4.56. The van der Waals surface area contributed by atoms with Crippen molar-refractivity contribution in [2.75, 3.05) is 0 Å². The molecule has 0 unspecified atom stereocenters. The van der Waals surface area contributed by atoms with Gasteiger partial charge in [0.05, 0.1) is 5.52 Å². The summed E-state index contributed by atoms with van der Waals surface area (Å²) in [5.41, 5.74) is 0.651. The maximum absolute atomic E-state index is 13.1. The van der Waals surface area contributed by atoms with Crippen molar-refractivity contribution in [2.24, 2.45) is 10.2 Å². The lowest BCUT2D eigenvalue weighted by molar-refractivity contribution is 0.0995. The molecule has 110 valence electrons. The summed E-state index contributed by atoms with van der Waals surface area (Å²) in [5.74, 6) is -1.36. The van der Waals surface area contributed by atoms with Gasteiger partial charge in [0.25, 0.3) is 5.91 Å². The number of benzene rings is 2. The van der Waals surface area contributed by atoms with Gasteiger partial charge in [-0.2, -0.15) is 0 Å². The average Bonchev–Trinajstić information content (AvgIpc) is 2.80. The predicted octanol–water partition coefficient (Wildman–Crippen LogP) is 3.64. The molecule has 3 aromatic rings. The van der Waals surface area contributed by atoms with Gasteiger partial charge >= 0.3 is 0 Å². The van der Waals surface area contributed by atoms with E-state index in [1.54, 1.807) is 0 Å². The Kier molecular flexibility index (Phi) is 3.30. The highest BCUT2D eigenvalue weighted by atomic mass is 19.1. The third-order valence-corrected chi connectivity index (χ3v) is 3.07. The van der Waals surface area contributed by atoms with Gasteiger partial charge in [-0.1, -0.05) is 0 Å². The fourth-order valence-corrected chi connectivity index (χ4v) is 2.00. The summed E-state index contributed by atoms with van der Waals surface area (Å²) in [4.78, 5) is 14.4. The fourth-order valence-electron chi connectivity index (χ4n) is 2.00. The molecule has 2 aromatic carbocycles. The molecule has 0 radical (unpaired) electrons. The molecule has 1 heterocycles. The molecule has 0 aliphatic rings. The van der Waals surface area contributed by atoms with Crippen molar-refractivity contribution in [1.82, 2.24) is 4.98 Å². The molecule has 3 rings (SSSR count). The molecule has 1 aromatic heterocycles. The topological polar surface area (TPSA) is 98.0 Å². The van der Waals surface area contributed by atoms with E-state index in [4.69, 9.17) is 5.11 Å². The lowest BCUT2D eigenvalue weighted by Crippen LogP contribution is -1.92. The van der Waals surface area contributed by atoms with Crippen LogP contribution in [0.5, 0.6) is 11.6 Å². The Balaban J connectivity index is 1.94. The molecule has 0 saturated heterocycles. The van der Waals surface area contributed by atoms with Crippen LogP contribution in [0.25, 0.3) is 10.9 Å². The number of aromatic hydroxyl groups is 2. The molecule has 7 heteroatoms. The summed E-state index contributed by atoms with van der Waals surface area (Å²) in [7, 11) is 0. The summed E-state index contributed by atoms with van der Waals surface area (Å²) >= 11 is 0. The number of phenols is 1. The van der Waals surface area contributed by atoms with E-state index in [9.17, 15) is 14.3 Å². The zero-order chi connectivity index (χ0) is 15.7. The van der Waals surface area contributed by atoms with Crippen molar-refractivity contribution in [1.29, 1.82) is 0 Å². The van der Waals surface area contributed by atoms with Gasteiger partial charge in [-0.05, 0) is 42.5 Å². The molecule has 1 amide bonds. The van der Waals surface area contributed by atoms with Crippen molar-refractivity contribution in [3.05, 3.63) is 53.8 Å². The maximum atomic E-state index is 13.1. The highest BCUT2D eigenvalue weighted by molar-refractivity contribution is 5.97. The summed E-state index contributed by atoms with van der Waals surface area (Å²) in [6.45, 7) is 0. The van der Waals surface area contributed by atoms with Crippen molar-refractivity contribution in [3.63, 3.8) is 0 Å². The SMILES string of the molecule is O=C(N=Nc1c(O)[nH]c2cc(F)ccc12)c1ccc(O)cc1. The standard InChI is InChI=1S/C15H10FN3O3/c16-9-3-6-11-12(7-9)17-15(22)13(11)18-19-14(21)8-1-4-10(20)5-2-8/h1-7,17,20,22H. The summed E-state index contributed by atoms with van der Waals surface area (Å²) < 4.78 is 13.1. The van der Waals surface area contributed by atoms with Crippen LogP contribution < -0.4 is 0 Å². The Morgan fingerprint density at radius 1 is 1.09 bits per heavy atom. The first-order chi connectivity index (χ1) is 10.5. The van der Waals surface area contributed by atoms with Crippen molar-refractivity contribution in [3.8, 4) is 11.6 Å². The number of amides is 1. The minimum Gasteiger partial charge on any atom is -0.508 e. The van der Waals surface area contributed by atoms with Gasteiger partial charge in [0.1, 0.15) is 11.6 Å². The highest BCUT2D eigenvalue weighted by Crippen LogP contribution is 2.35. The molecule has 0 aliphatic heterocycles. The molecule has 0 bridgehead atoms. The van der Waals surface area contributed by atoms with Gasteiger partial charge in [0.2, 0.25) is 5.88 Å². The molecule has 0 aliphatic carbocycles. The number of aromatic amines is 1. The number of H-pyrrole nitrogens is 1. The number of nitrogens with one attached hydrogen (secondary N) is 1. The Morgan fingerprint density at radius 2 is 1.82 bits per heavy atom. The Bertz CT molecular complexity index is 885. The first kappa shape index (κ1) is 13.7. The van der Waals surface area contributed by atoms with E-state index in [2.05, 4.69) is 15.2 Å². The van der Waals surface area contributed by atoms with Gasteiger partial charge in [-0.25, -0.2) is 4.39 Å². The van der Waals surface area contributed by atoms with Gasteiger partial charge < -0.3 is 15.2 Å².